The Hall–Kier alpha value is -2.82. The third-order valence-electron chi connectivity index (χ3n) is 4.04. The summed E-state index contributed by atoms with van der Waals surface area (Å²) in [4.78, 5) is 24.3. The first-order chi connectivity index (χ1) is 11.5. The van der Waals surface area contributed by atoms with Crippen LogP contribution in [0.15, 0.2) is 54.6 Å². The number of carboxylic acid groups (broad SMARTS) is 1. The molecule has 126 valence electrons. The van der Waals surface area contributed by atoms with Gasteiger partial charge >= 0.3 is 5.97 Å². The third kappa shape index (κ3) is 3.74. The maximum Gasteiger partial charge on any atom is 0.334 e. The Balaban J connectivity index is 2.20. The van der Waals surface area contributed by atoms with Crippen molar-refractivity contribution in [3.8, 4) is 5.75 Å². The number of ether oxygens (including phenoxy) is 1. The zero-order chi connectivity index (χ0) is 17.6. The SMILES string of the molecule is CCC(NC(=O)Cc1ccc(OC)cc1)(C(=O)O)c1ccccc1. The molecule has 5 heteroatoms. The number of hydrogen-bond donors (Lipinski definition) is 2. The molecule has 1 unspecified atom stereocenters. The summed E-state index contributed by atoms with van der Waals surface area (Å²) in [6.45, 7) is 1.74. The number of carbonyl (C=O) groups excluding carboxylic acids is 1. The summed E-state index contributed by atoms with van der Waals surface area (Å²) in [6.07, 6.45) is 0.354. The van der Waals surface area contributed by atoms with E-state index in [4.69, 9.17) is 4.74 Å². The highest BCUT2D eigenvalue weighted by Crippen LogP contribution is 2.25. The van der Waals surface area contributed by atoms with Crippen LogP contribution in [0.4, 0.5) is 0 Å². The molecule has 1 atom stereocenters. The van der Waals surface area contributed by atoms with Gasteiger partial charge in [-0.3, -0.25) is 4.79 Å². The third-order valence-corrected chi connectivity index (χ3v) is 4.04. The molecule has 0 fully saturated rings. The van der Waals surface area contributed by atoms with E-state index in [0.717, 1.165) is 5.56 Å². The van der Waals surface area contributed by atoms with Crippen molar-refractivity contribution in [3.63, 3.8) is 0 Å². The number of benzene rings is 2. The standard InChI is InChI=1S/C19H21NO4/c1-3-19(18(22)23,15-7-5-4-6-8-15)20-17(21)13-14-9-11-16(24-2)12-10-14/h4-12H,3,13H2,1-2H3,(H,20,21)(H,22,23). The second kappa shape index (κ2) is 7.64. The highest BCUT2D eigenvalue weighted by molar-refractivity contribution is 5.89. The molecule has 0 radical (unpaired) electrons. The van der Waals surface area contributed by atoms with E-state index in [0.29, 0.717) is 11.3 Å². The summed E-state index contributed by atoms with van der Waals surface area (Å²) in [6, 6.07) is 15.9. The summed E-state index contributed by atoms with van der Waals surface area (Å²) < 4.78 is 5.08. The van der Waals surface area contributed by atoms with Crippen LogP contribution in [0, 0.1) is 0 Å². The zero-order valence-corrected chi connectivity index (χ0v) is 13.8. The topological polar surface area (TPSA) is 75.6 Å². The van der Waals surface area contributed by atoms with Crippen molar-refractivity contribution in [2.45, 2.75) is 25.3 Å². The molecule has 0 aliphatic heterocycles. The summed E-state index contributed by atoms with van der Waals surface area (Å²) in [5.41, 5.74) is -0.0787. The van der Waals surface area contributed by atoms with Gasteiger partial charge in [-0.15, -0.1) is 0 Å². The Morgan fingerprint density at radius 1 is 1.08 bits per heavy atom. The summed E-state index contributed by atoms with van der Waals surface area (Å²) in [5.74, 6) is -0.704. The number of carboxylic acids is 1. The lowest BCUT2D eigenvalue weighted by atomic mass is 9.87. The molecule has 0 aromatic heterocycles. The Kier molecular flexibility index (Phi) is 5.58. The van der Waals surface area contributed by atoms with E-state index >= 15 is 0 Å². The molecule has 2 aromatic rings. The molecule has 0 saturated heterocycles. The van der Waals surface area contributed by atoms with E-state index in [1.807, 2.05) is 6.07 Å². The molecule has 24 heavy (non-hydrogen) atoms. The summed E-state index contributed by atoms with van der Waals surface area (Å²) in [5, 5.41) is 12.4. The largest absolute Gasteiger partial charge is 0.497 e. The quantitative estimate of drug-likeness (QED) is 0.820. The number of nitrogens with one attached hydrogen (secondary N) is 1. The number of carbonyl (C=O) groups is 2. The molecule has 0 bridgehead atoms. The van der Waals surface area contributed by atoms with Gasteiger partial charge in [-0.1, -0.05) is 49.4 Å². The minimum absolute atomic E-state index is 0.103. The monoisotopic (exact) mass is 327 g/mol. The normalized spacial score (nSPS) is 12.9. The van der Waals surface area contributed by atoms with Crippen LogP contribution in [0.25, 0.3) is 0 Å². The summed E-state index contributed by atoms with van der Waals surface area (Å²) in [7, 11) is 1.57. The van der Waals surface area contributed by atoms with E-state index in [1.165, 1.54) is 0 Å². The van der Waals surface area contributed by atoms with Crippen LogP contribution >= 0.6 is 0 Å². The smallest absolute Gasteiger partial charge is 0.334 e. The first-order valence-corrected chi connectivity index (χ1v) is 7.74. The Bertz CT molecular complexity index is 697. The molecule has 0 spiro atoms. The lowest BCUT2D eigenvalue weighted by Gasteiger charge is -2.30. The van der Waals surface area contributed by atoms with Crippen LogP contribution in [0.1, 0.15) is 24.5 Å². The Labute approximate surface area is 141 Å². The number of aliphatic carboxylic acids is 1. The van der Waals surface area contributed by atoms with Gasteiger partial charge in [0.25, 0.3) is 0 Å². The molecule has 0 aliphatic carbocycles. The molecule has 1 amide bonds. The van der Waals surface area contributed by atoms with Gasteiger partial charge in [0.1, 0.15) is 5.75 Å². The molecule has 2 N–H and O–H groups in total. The second-order valence-electron chi connectivity index (χ2n) is 5.50. The molecule has 2 rings (SSSR count). The zero-order valence-electron chi connectivity index (χ0n) is 13.8. The minimum Gasteiger partial charge on any atom is -0.497 e. The molecule has 0 saturated carbocycles. The average Bonchev–Trinajstić information content (AvgIpc) is 2.61. The van der Waals surface area contributed by atoms with Crippen molar-refractivity contribution in [2.75, 3.05) is 7.11 Å². The Morgan fingerprint density at radius 2 is 1.71 bits per heavy atom. The van der Waals surface area contributed by atoms with E-state index in [-0.39, 0.29) is 18.7 Å². The van der Waals surface area contributed by atoms with Crippen LogP contribution in [-0.4, -0.2) is 24.1 Å². The number of amides is 1. The molecular weight excluding hydrogens is 306 g/mol. The number of rotatable bonds is 7. The van der Waals surface area contributed by atoms with Crippen molar-refractivity contribution in [1.29, 1.82) is 0 Å². The van der Waals surface area contributed by atoms with Crippen molar-refractivity contribution in [1.82, 2.24) is 5.32 Å². The molecule has 2 aromatic carbocycles. The van der Waals surface area contributed by atoms with Gasteiger partial charge in [0, 0.05) is 0 Å². The first kappa shape index (κ1) is 17.5. The predicted octanol–water partition coefficient (Wildman–Crippen LogP) is 2.74. The van der Waals surface area contributed by atoms with Crippen LogP contribution in [0.5, 0.6) is 5.75 Å². The van der Waals surface area contributed by atoms with Crippen LogP contribution in [0.3, 0.4) is 0 Å². The first-order valence-electron chi connectivity index (χ1n) is 7.74. The van der Waals surface area contributed by atoms with E-state index in [9.17, 15) is 14.7 Å². The molecule has 0 aliphatic rings. The van der Waals surface area contributed by atoms with Gasteiger partial charge in [-0.05, 0) is 29.7 Å². The lowest BCUT2D eigenvalue weighted by Crippen LogP contribution is -2.52. The van der Waals surface area contributed by atoms with Crippen molar-refractivity contribution >= 4 is 11.9 Å². The van der Waals surface area contributed by atoms with E-state index in [2.05, 4.69) is 5.32 Å². The maximum absolute atomic E-state index is 12.4. The van der Waals surface area contributed by atoms with Gasteiger partial charge in [-0.25, -0.2) is 4.79 Å². The fourth-order valence-corrected chi connectivity index (χ4v) is 2.63. The second-order valence-corrected chi connectivity index (χ2v) is 5.50. The Morgan fingerprint density at radius 3 is 2.21 bits per heavy atom. The van der Waals surface area contributed by atoms with Gasteiger partial charge in [-0.2, -0.15) is 0 Å². The minimum atomic E-state index is -1.43. The van der Waals surface area contributed by atoms with Gasteiger partial charge in [0.2, 0.25) is 5.91 Å². The van der Waals surface area contributed by atoms with Crippen molar-refractivity contribution in [2.24, 2.45) is 0 Å². The fourth-order valence-electron chi connectivity index (χ4n) is 2.63. The van der Waals surface area contributed by atoms with Gasteiger partial charge < -0.3 is 15.2 Å². The van der Waals surface area contributed by atoms with Crippen LogP contribution in [-0.2, 0) is 21.5 Å². The highest BCUT2D eigenvalue weighted by atomic mass is 16.5. The lowest BCUT2D eigenvalue weighted by molar-refractivity contribution is -0.148. The van der Waals surface area contributed by atoms with Crippen molar-refractivity contribution < 1.29 is 19.4 Å². The van der Waals surface area contributed by atoms with Crippen LogP contribution in [0.2, 0.25) is 0 Å². The van der Waals surface area contributed by atoms with E-state index in [1.54, 1.807) is 62.6 Å². The number of methoxy groups -OCH3 is 1. The molecule has 5 nitrogen and oxygen atoms in total. The fraction of sp³-hybridized carbons (Fsp3) is 0.263. The molecule has 0 heterocycles. The predicted molar refractivity (Wildman–Crippen MR) is 90.9 cm³/mol. The molecular formula is C19H21NO4. The average molecular weight is 327 g/mol. The van der Waals surface area contributed by atoms with Gasteiger partial charge in [0.15, 0.2) is 5.54 Å². The van der Waals surface area contributed by atoms with E-state index < -0.39 is 11.5 Å². The van der Waals surface area contributed by atoms with Gasteiger partial charge in [0.05, 0.1) is 13.5 Å². The van der Waals surface area contributed by atoms with Crippen molar-refractivity contribution in [3.05, 3.63) is 65.7 Å². The van der Waals surface area contributed by atoms with Crippen LogP contribution < -0.4 is 10.1 Å². The summed E-state index contributed by atoms with van der Waals surface area (Å²) >= 11 is 0. The highest BCUT2D eigenvalue weighted by Gasteiger charge is 2.40. The maximum atomic E-state index is 12.4. The number of hydrogen-bond acceptors (Lipinski definition) is 3.